The first-order chi connectivity index (χ1) is 14.6. The van der Waals surface area contributed by atoms with Crippen molar-refractivity contribution >= 4 is 23.2 Å². The molecule has 30 heavy (non-hydrogen) atoms. The number of amides is 2. The molecule has 0 spiro atoms. The van der Waals surface area contributed by atoms with Crippen LogP contribution < -0.4 is 10.2 Å². The average Bonchev–Trinajstić information content (AvgIpc) is 3.20. The summed E-state index contributed by atoms with van der Waals surface area (Å²) < 4.78 is 0. The van der Waals surface area contributed by atoms with Crippen molar-refractivity contribution in [3.8, 4) is 0 Å². The van der Waals surface area contributed by atoms with Gasteiger partial charge < -0.3 is 10.2 Å². The maximum atomic E-state index is 12.8. The van der Waals surface area contributed by atoms with Gasteiger partial charge >= 0.3 is 0 Å². The van der Waals surface area contributed by atoms with Crippen LogP contribution in [0, 0.1) is 0 Å². The van der Waals surface area contributed by atoms with Crippen LogP contribution in [0.3, 0.4) is 0 Å². The minimum absolute atomic E-state index is 0.0223. The van der Waals surface area contributed by atoms with Crippen LogP contribution >= 0.6 is 0 Å². The van der Waals surface area contributed by atoms with Gasteiger partial charge in [0, 0.05) is 44.1 Å². The fourth-order valence-corrected chi connectivity index (χ4v) is 4.32. The highest BCUT2D eigenvalue weighted by molar-refractivity contribution is 5.96. The van der Waals surface area contributed by atoms with Gasteiger partial charge in [0.05, 0.1) is 13.1 Å². The van der Waals surface area contributed by atoms with Crippen molar-refractivity contribution in [1.82, 2.24) is 9.80 Å². The number of piperazine rings is 1. The van der Waals surface area contributed by atoms with Gasteiger partial charge in [0.1, 0.15) is 0 Å². The number of nitrogens with one attached hydrogen (secondary N) is 1. The molecule has 2 aromatic carbocycles. The predicted octanol–water partition coefficient (Wildman–Crippen LogP) is 2.39. The van der Waals surface area contributed by atoms with Crippen LogP contribution in [0.15, 0.2) is 48.5 Å². The molecule has 2 aliphatic rings. The Bertz CT molecular complexity index is 906. The highest BCUT2D eigenvalue weighted by atomic mass is 16.2. The second-order valence-corrected chi connectivity index (χ2v) is 8.04. The molecule has 6 heteroatoms. The lowest BCUT2D eigenvalue weighted by Gasteiger charge is -2.34. The third-order valence-electron chi connectivity index (χ3n) is 6.05. The van der Waals surface area contributed by atoms with Crippen LogP contribution in [0.25, 0.3) is 0 Å². The van der Waals surface area contributed by atoms with Crippen LogP contribution in [0.1, 0.15) is 18.1 Å². The second kappa shape index (κ2) is 9.41. The molecule has 0 aromatic heterocycles. The Labute approximate surface area is 178 Å². The van der Waals surface area contributed by atoms with Crippen molar-refractivity contribution in [3.63, 3.8) is 0 Å². The fraction of sp³-hybridized carbons (Fsp3) is 0.417. The molecule has 1 N–H and O–H groups in total. The number of benzene rings is 2. The van der Waals surface area contributed by atoms with Gasteiger partial charge in [-0.15, -0.1) is 0 Å². The van der Waals surface area contributed by atoms with Gasteiger partial charge in [0.15, 0.2) is 0 Å². The normalized spacial score (nSPS) is 17.0. The maximum absolute atomic E-state index is 12.8. The van der Waals surface area contributed by atoms with Gasteiger partial charge in [-0.2, -0.15) is 0 Å². The zero-order valence-corrected chi connectivity index (χ0v) is 17.6. The number of rotatable bonds is 6. The Kier molecular flexibility index (Phi) is 6.45. The quantitative estimate of drug-likeness (QED) is 0.800. The Balaban J connectivity index is 1.23. The molecule has 1 fully saturated rings. The number of hydrogen-bond donors (Lipinski definition) is 1. The molecule has 2 amide bonds. The van der Waals surface area contributed by atoms with E-state index < -0.39 is 0 Å². The van der Waals surface area contributed by atoms with Gasteiger partial charge in [-0.05, 0) is 36.1 Å². The Hall–Kier alpha value is -2.70. The second-order valence-electron chi connectivity index (χ2n) is 8.04. The highest BCUT2D eigenvalue weighted by Crippen LogP contribution is 2.27. The summed E-state index contributed by atoms with van der Waals surface area (Å²) >= 11 is 0. The maximum Gasteiger partial charge on any atom is 0.241 e. The fourth-order valence-electron chi connectivity index (χ4n) is 4.32. The summed E-state index contributed by atoms with van der Waals surface area (Å²) in [6, 6.07) is 16.1. The lowest BCUT2D eigenvalue weighted by atomic mass is 10.1. The first kappa shape index (κ1) is 20.6. The monoisotopic (exact) mass is 406 g/mol. The van der Waals surface area contributed by atoms with E-state index in [4.69, 9.17) is 0 Å². The number of fused-ring (bicyclic) bond motifs is 1. The number of carbonyl (C=O) groups excluding carboxylic acids is 2. The number of nitrogens with zero attached hydrogens (tertiary/aromatic N) is 3. The SMILES string of the molecule is CCc1ccccc1NC(=O)CN1CCN(CC(=O)N2CCc3ccccc32)CC1. The van der Waals surface area contributed by atoms with Crippen LogP contribution in [0.5, 0.6) is 0 Å². The molecule has 158 valence electrons. The van der Waals surface area contributed by atoms with E-state index in [0.717, 1.165) is 62.5 Å². The number of carbonyl (C=O) groups is 2. The summed E-state index contributed by atoms with van der Waals surface area (Å²) in [7, 11) is 0. The van der Waals surface area contributed by atoms with Gasteiger partial charge in [0.2, 0.25) is 11.8 Å². The summed E-state index contributed by atoms with van der Waals surface area (Å²) in [6.45, 7) is 6.90. The van der Waals surface area contributed by atoms with Crippen molar-refractivity contribution in [2.75, 3.05) is 56.0 Å². The molecular weight excluding hydrogens is 376 g/mol. The largest absolute Gasteiger partial charge is 0.325 e. The van der Waals surface area contributed by atoms with Gasteiger partial charge in [0.25, 0.3) is 0 Å². The zero-order chi connectivity index (χ0) is 20.9. The molecule has 0 aliphatic carbocycles. The molecule has 0 radical (unpaired) electrons. The van der Waals surface area contributed by atoms with E-state index >= 15 is 0 Å². The van der Waals surface area contributed by atoms with Crippen LogP contribution in [-0.2, 0) is 22.4 Å². The summed E-state index contributed by atoms with van der Waals surface area (Å²) in [5.41, 5.74) is 4.37. The molecule has 2 heterocycles. The first-order valence-corrected chi connectivity index (χ1v) is 10.8. The van der Waals surface area contributed by atoms with E-state index in [1.807, 2.05) is 47.4 Å². The molecule has 0 atom stereocenters. The summed E-state index contributed by atoms with van der Waals surface area (Å²) in [6.07, 6.45) is 1.83. The number of para-hydroxylation sites is 2. The average molecular weight is 407 g/mol. The van der Waals surface area contributed by atoms with Crippen molar-refractivity contribution in [1.29, 1.82) is 0 Å². The van der Waals surface area contributed by atoms with Crippen molar-refractivity contribution in [2.24, 2.45) is 0 Å². The van der Waals surface area contributed by atoms with E-state index in [1.54, 1.807) is 0 Å². The van der Waals surface area contributed by atoms with Crippen molar-refractivity contribution in [2.45, 2.75) is 19.8 Å². The standard InChI is InChI=1S/C24H30N4O2/c1-2-19-7-3-5-9-21(19)25-23(29)17-26-13-15-27(16-14-26)18-24(30)28-12-11-20-8-4-6-10-22(20)28/h3-10H,2,11-18H2,1H3,(H,25,29). The van der Waals surface area contributed by atoms with E-state index in [1.165, 1.54) is 5.56 Å². The Morgan fingerprint density at radius 1 is 0.867 bits per heavy atom. The lowest BCUT2D eigenvalue weighted by Crippen LogP contribution is -2.51. The lowest BCUT2D eigenvalue weighted by molar-refractivity contribution is -0.121. The molecule has 0 unspecified atom stereocenters. The van der Waals surface area contributed by atoms with Crippen LogP contribution in [0.2, 0.25) is 0 Å². The predicted molar refractivity (Wildman–Crippen MR) is 120 cm³/mol. The first-order valence-electron chi connectivity index (χ1n) is 10.8. The third kappa shape index (κ3) is 4.71. The summed E-state index contributed by atoms with van der Waals surface area (Å²) in [5.74, 6) is 0.191. The van der Waals surface area contributed by atoms with Crippen molar-refractivity contribution < 1.29 is 9.59 Å². The van der Waals surface area contributed by atoms with Crippen LogP contribution in [-0.4, -0.2) is 67.4 Å². The highest BCUT2D eigenvalue weighted by Gasteiger charge is 2.27. The summed E-state index contributed by atoms with van der Waals surface area (Å²) in [5, 5.41) is 3.04. The number of aryl methyl sites for hydroxylation is 1. The summed E-state index contributed by atoms with van der Waals surface area (Å²) in [4.78, 5) is 31.6. The van der Waals surface area contributed by atoms with E-state index in [-0.39, 0.29) is 11.8 Å². The molecule has 0 saturated carbocycles. The molecule has 2 aromatic rings. The Morgan fingerprint density at radius 2 is 1.53 bits per heavy atom. The minimum Gasteiger partial charge on any atom is -0.325 e. The molecule has 2 aliphatic heterocycles. The zero-order valence-electron chi connectivity index (χ0n) is 17.6. The van der Waals surface area contributed by atoms with Crippen LogP contribution in [0.4, 0.5) is 11.4 Å². The van der Waals surface area contributed by atoms with Gasteiger partial charge in [-0.1, -0.05) is 43.3 Å². The van der Waals surface area contributed by atoms with E-state index in [2.05, 4.69) is 28.1 Å². The van der Waals surface area contributed by atoms with E-state index in [0.29, 0.717) is 13.1 Å². The van der Waals surface area contributed by atoms with E-state index in [9.17, 15) is 9.59 Å². The molecule has 1 saturated heterocycles. The minimum atomic E-state index is 0.0223. The third-order valence-corrected chi connectivity index (χ3v) is 6.05. The molecular formula is C24H30N4O2. The van der Waals surface area contributed by atoms with Gasteiger partial charge in [-0.25, -0.2) is 0 Å². The topological polar surface area (TPSA) is 55.9 Å². The Morgan fingerprint density at radius 3 is 2.30 bits per heavy atom. The smallest absolute Gasteiger partial charge is 0.241 e. The van der Waals surface area contributed by atoms with Gasteiger partial charge in [-0.3, -0.25) is 19.4 Å². The molecule has 0 bridgehead atoms. The number of hydrogen-bond acceptors (Lipinski definition) is 4. The molecule has 6 nitrogen and oxygen atoms in total. The molecule has 4 rings (SSSR count). The van der Waals surface area contributed by atoms with Crippen molar-refractivity contribution in [3.05, 3.63) is 59.7 Å². The number of anilines is 2.